The molecule has 4 rings (SSSR count). The number of aromatic amines is 1. The number of likely N-dealkylation sites (tertiary alicyclic amines) is 1. The van der Waals surface area contributed by atoms with Crippen molar-refractivity contribution in [2.75, 3.05) is 19.6 Å². The highest BCUT2D eigenvalue weighted by atomic mass is 127. The highest BCUT2D eigenvalue weighted by Gasteiger charge is 2.60. The molecule has 0 spiro atoms. The fraction of sp³-hybridized carbons (Fsp3) is 0.500. The Morgan fingerprint density at radius 3 is 2.65 bits per heavy atom. The lowest BCUT2D eigenvalue weighted by atomic mass is 9.95. The molecule has 1 aromatic heterocycles. The van der Waals surface area contributed by atoms with Crippen LogP contribution < -0.4 is 11.2 Å². The van der Waals surface area contributed by atoms with E-state index in [2.05, 4.69) is 40.2 Å². The predicted molar refractivity (Wildman–Crippen MR) is 113 cm³/mol. The summed E-state index contributed by atoms with van der Waals surface area (Å²) < 4.78 is 2.16. The van der Waals surface area contributed by atoms with Gasteiger partial charge in [-0.2, -0.15) is 0 Å². The van der Waals surface area contributed by atoms with E-state index in [4.69, 9.17) is 0 Å². The first-order valence-corrected chi connectivity index (χ1v) is 10.4. The van der Waals surface area contributed by atoms with Crippen molar-refractivity contribution in [3.8, 4) is 0 Å². The molecule has 0 unspecified atom stereocenters. The summed E-state index contributed by atoms with van der Waals surface area (Å²) in [4.78, 5) is 28.1. The minimum absolute atomic E-state index is 0.304. The quantitative estimate of drug-likeness (QED) is 0.689. The Labute approximate surface area is 167 Å². The molecular formula is C20H26IN3O2. The van der Waals surface area contributed by atoms with Gasteiger partial charge in [0.25, 0.3) is 5.56 Å². The Morgan fingerprint density at radius 2 is 1.92 bits per heavy atom. The molecule has 1 N–H and O–H groups in total. The molecule has 1 aliphatic carbocycles. The third-order valence-electron chi connectivity index (χ3n) is 5.41. The van der Waals surface area contributed by atoms with E-state index in [1.54, 1.807) is 10.8 Å². The van der Waals surface area contributed by atoms with Crippen molar-refractivity contribution in [3.05, 3.63) is 66.5 Å². The molecule has 0 bridgehead atoms. The number of aryl methyl sites for hydroxylation is 1. The van der Waals surface area contributed by atoms with Crippen molar-refractivity contribution in [2.24, 2.45) is 5.92 Å². The number of H-pyrrole nitrogens is 1. The van der Waals surface area contributed by atoms with E-state index in [-0.39, 0.29) is 11.2 Å². The van der Waals surface area contributed by atoms with Crippen molar-refractivity contribution in [3.63, 3.8) is 0 Å². The van der Waals surface area contributed by atoms with Gasteiger partial charge < -0.3 is 4.90 Å². The number of hydrogen-bond acceptors (Lipinski definition) is 3. The third kappa shape index (κ3) is 3.81. The smallest absolute Gasteiger partial charge is 0.302 e. The number of halogens is 1. The van der Waals surface area contributed by atoms with Gasteiger partial charge in [-0.05, 0) is 53.5 Å². The largest absolute Gasteiger partial charge is 0.328 e. The first-order chi connectivity index (χ1) is 12.6. The van der Waals surface area contributed by atoms with E-state index >= 15 is 0 Å². The summed E-state index contributed by atoms with van der Waals surface area (Å²) in [5, 5.41) is 0. The Morgan fingerprint density at radius 1 is 1.19 bits per heavy atom. The van der Waals surface area contributed by atoms with Gasteiger partial charge in [0, 0.05) is 31.2 Å². The molecule has 2 aliphatic rings. The van der Waals surface area contributed by atoms with Gasteiger partial charge in [-0.15, -0.1) is 0 Å². The zero-order valence-electron chi connectivity index (χ0n) is 15.4. The zero-order chi connectivity index (χ0) is 18.7. The van der Waals surface area contributed by atoms with Crippen LogP contribution in [0.4, 0.5) is 0 Å². The average molecular weight is 467 g/mol. The number of nitrogens with zero attached hydrogens (tertiary/aromatic N) is 2. The number of rotatable bonds is 5. The summed E-state index contributed by atoms with van der Waals surface area (Å²) in [5.74, 6) is 0.789. The van der Waals surface area contributed by atoms with Crippen LogP contribution in [-0.2, 0) is 12.0 Å². The first kappa shape index (κ1) is 19.4. The van der Waals surface area contributed by atoms with Crippen molar-refractivity contribution >= 4 is 22.6 Å². The minimum Gasteiger partial charge on any atom is -0.302 e. The van der Waals surface area contributed by atoms with Crippen molar-refractivity contribution < 1.29 is 0 Å². The second-order valence-electron chi connectivity index (χ2n) is 6.94. The zero-order valence-corrected chi connectivity index (χ0v) is 17.5. The van der Waals surface area contributed by atoms with Crippen LogP contribution in [0.2, 0.25) is 0 Å². The first-order valence-electron chi connectivity index (χ1n) is 9.36. The number of piperidine rings is 1. The van der Waals surface area contributed by atoms with Gasteiger partial charge in [-0.25, -0.2) is 4.79 Å². The molecule has 1 aromatic carbocycles. The molecule has 2 aromatic rings. The van der Waals surface area contributed by atoms with Crippen LogP contribution in [0.5, 0.6) is 0 Å². The lowest BCUT2D eigenvalue weighted by Gasteiger charge is -2.21. The highest BCUT2D eigenvalue weighted by Crippen LogP contribution is 2.58. The Kier molecular flexibility index (Phi) is 6.02. The Hall–Kier alpha value is -1.41. The number of benzene rings is 1. The topological polar surface area (TPSA) is 58.1 Å². The molecule has 1 saturated heterocycles. The van der Waals surface area contributed by atoms with Crippen LogP contribution in [0.3, 0.4) is 0 Å². The van der Waals surface area contributed by atoms with Crippen molar-refractivity contribution in [1.82, 2.24) is 14.5 Å². The maximum absolute atomic E-state index is 11.8. The second-order valence-corrected chi connectivity index (χ2v) is 8.10. The van der Waals surface area contributed by atoms with Gasteiger partial charge in [0.1, 0.15) is 0 Å². The number of nitrogens with one attached hydrogen (secondary N) is 1. The molecule has 26 heavy (non-hydrogen) atoms. The molecular weight excluding hydrogens is 441 g/mol. The number of fused-ring (bicyclic) bond motifs is 1. The lowest BCUT2D eigenvalue weighted by molar-refractivity contribution is 0.287. The summed E-state index contributed by atoms with van der Waals surface area (Å²) in [7, 11) is 0. The van der Waals surface area contributed by atoms with Gasteiger partial charge >= 0.3 is 5.69 Å². The van der Waals surface area contributed by atoms with Crippen LogP contribution in [0.15, 0.2) is 46.1 Å². The van der Waals surface area contributed by atoms with E-state index < -0.39 is 0 Å². The molecule has 1 aliphatic heterocycles. The van der Waals surface area contributed by atoms with Gasteiger partial charge in [0.2, 0.25) is 0 Å². The molecule has 2 heterocycles. The normalized spacial score (nSPS) is 23.9. The fourth-order valence-corrected chi connectivity index (χ4v) is 4.56. The molecule has 0 radical (unpaired) electrons. The molecule has 5 nitrogen and oxygen atoms in total. The van der Waals surface area contributed by atoms with Crippen molar-refractivity contribution in [2.45, 2.75) is 38.6 Å². The number of hydrogen-bond donors (Lipinski definition) is 1. The molecule has 6 heteroatoms. The Bertz CT molecular complexity index is 861. The lowest BCUT2D eigenvalue weighted by Crippen LogP contribution is -2.33. The van der Waals surface area contributed by atoms with Crippen LogP contribution in [0, 0.1) is 9.49 Å². The standard InChI is InChI=1S/C18H20IN3O2.C2H6/c19-15-11-22(17(24)20-16(15)23)8-4-7-21-10-14-9-18(14,12-21)13-5-2-1-3-6-13;1-2/h1-3,5-6,11,14H,4,7-10,12H2,(H,20,23,24);1-2H3/t14-,18+;/m1./s1. The van der Waals surface area contributed by atoms with Crippen LogP contribution in [-0.4, -0.2) is 34.1 Å². The van der Waals surface area contributed by atoms with Crippen LogP contribution in [0.25, 0.3) is 0 Å². The summed E-state index contributed by atoms with van der Waals surface area (Å²) in [5.41, 5.74) is 1.24. The number of aromatic nitrogens is 2. The molecule has 2 fully saturated rings. The summed E-state index contributed by atoms with van der Waals surface area (Å²) >= 11 is 1.96. The second kappa shape index (κ2) is 8.08. The molecule has 0 amide bonds. The average Bonchev–Trinajstić information content (AvgIpc) is 3.24. The predicted octanol–water partition coefficient (Wildman–Crippen LogP) is 2.83. The van der Waals surface area contributed by atoms with Gasteiger partial charge in [0.05, 0.1) is 3.57 Å². The molecule has 140 valence electrons. The fourth-order valence-electron chi connectivity index (χ4n) is 4.09. The van der Waals surface area contributed by atoms with E-state index in [0.29, 0.717) is 15.5 Å². The third-order valence-corrected chi connectivity index (χ3v) is 6.17. The van der Waals surface area contributed by atoms with Crippen LogP contribution >= 0.6 is 22.6 Å². The summed E-state index contributed by atoms with van der Waals surface area (Å²) in [6.07, 6.45) is 3.87. The van der Waals surface area contributed by atoms with Crippen LogP contribution in [0.1, 0.15) is 32.3 Å². The van der Waals surface area contributed by atoms with Gasteiger partial charge in [-0.1, -0.05) is 44.2 Å². The van der Waals surface area contributed by atoms with Gasteiger partial charge in [0.15, 0.2) is 0 Å². The highest BCUT2D eigenvalue weighted by molar-refractivity contribution is 14.1. The molecule has 1 saturated carbocycles. The SMILES string of the molecule is CC.O=c1[nH]c(=O)n(CCCN2C[C@H]3C[C@@]3(c3ccccc3)C2)cc1I. The molecule has 2 atom stereocenters. The summed E-state index contributed by atoms with van der Waals surface area (Å²) in [6, 6.07) is 10.9. The maximum Gasteiger partial charge on any atom is 0.328 e. The monoisotopic (exact) mass is 467 g/mol. The summed E-state index contributed by atoms with van der Waals surface area (Å²) in [6.45, 7) is 7.92. The maximum atomic E-state index is 11.8. The Balaban J connectivity index is 0.000000948. The van der Waals surface area contributed by atoms with E-state index in [0.717, 1.165) is 32.0 Å². The van der Waals surface area contributed by atoms with Crippen molar-refractivity contribution in [1.29, 1.82) is 0 Å². The van der Waals surface area contributed by atoms with E-state index in [1.807, 2.05) is 36.4 Å². The van der Waals surface area contributed by atoms with Gasteiger partial charge in [-0.3, -0.25) is 14.3 Å². The minimum atomic E-state index is -0.314. The van der Waals surface area contributed by atoms with E-state index in [9.17, 15) is 9.59 Å². The van der Waals surface area contributed by atoms with E-state index in [1.165, 1.54) is 12.0 Å².